The van der Waals surface area contributed by atoms with Crippen LogP contribution in [0.3, 0.4) is 0 Å². The number of rotatable bonds is 10. The first kappa shape index (κ1) is 27.3. The fourth-order valence-corrected chi connectivity index (χ4v) is 4.18. The molecule has 2 aromatic carbocycles. The maximum atomic E-state index is 14.2. The molecule has 3 amide bonds. The summed E-state index contributed by atoms with van der Waals surface area (Å²) >= 11 is 0. The van der Waals surface area contributed by atoms with Gasteiger partial charge in [0.25, 0.3) is 0 Å². The first-order chi connectivity index (χ1) is 18.4. The number of anilines is 1. The van der Waals surface area contributed by atoms with Gasteiger partial charge in [0.1, 0.15) is 29.7 Å². The highest BCUT2D eigenvalue weighted by Crippen LogP contribution is 2.17. The van der Waals surface area contributed by atoms with Crippen LogP contribution >= 0.6 is 0 Å². The molecule has 0 atom stereocenters. The molecule has 1 saturated heterocycles. The summed E-state index contributed by atoms with van der Waals surface area (Å²) in [6.07, 6.45) is 0. The Labute approximate surface area is 220 Å². The number of halogens is 2. The second-order valence-corrected chi connectivity index (χ2v) is 9.18. The Bertz CT molecular complexity index is 1210. The molecular formula is C28H32F2N4O4. The van der Waals surface area contributed by atoms with Crippen LogP contribution in [-0.4, -0.2) is 72.6 Å². The number of furan rings is 1. The van der Waals surface area contributed by atoms with Crippen molar-refractivity contribution in [2.45, 2.75) is 20.0 Å². The van der Waals surface area contributed by atoms with Crippen LogP contribution in [0.2, 0.25) is 0 Å². The second-order valence-electron chi connectivity index (χ2n) is 9.18. The summed E-state index contributed by atoms with van der Waals surface area (Å²) in [7, 11) is 0. The van der Waals surface area contributed by atoms with E-state index in [1.807, 2.05) is 49.4 Å². The summed E-state index contributed by atoms with van der Waals surface area (Å²) in [6, 6.07) is 15.5. The van der Waals surface area contributed by atoms with Gasteiger partial charge in [-0.15, -0.1) is 0 Å². The molecule has 202 valence electrons. The molecule has 8 nitrogen and oxygen atoms in total. The highest BCUT2D eigenvalue weighted by atomic mass is 19.1. The van der Waals surface area contributed by atoms with E-state index in [9.17, 15) is 18.4 Å². The minimum atomic E-state index is -0.892. The van der Waals surface area contributed by atoms with Crippen molar-refractivity contribution in [3.05, 3.63) is 89.4 Å². The van der Waals surface area contributed by atoms with Gasteiger partial charge in [-0.25, -0.2) is 13.6 Å². The maximum absolute atomic E-state index is 14.2. The zero-order chi connectivity index (χ0) is 26.9. The molecule has 3 aromatic rings. The molecule has 0 radical (unpaired) electrons. The number of hydrogen-bond donors (Lipinski definition) is 1. The van der Waals surface area contributed by atoms with E-state index in [0.717, 1.165) is 23.5 Å². The lowest BCUT2D eigenvalue weighted by atomic mass is 10.2. The van der Waals surface area contributed by atoms with Crippen molar-refractivity contribution >= 4 is 17.6 Å². The standard InChI is InChI=1S/C28H32F2N4O4/c1-21-7-9-24(38-21)19-34(18-22-5-3-2-4-6-22)27(35)20-33(12-11-32-13-15-37-16-14-32)28(36)31-26-10-8-23(29)17-25(26)30/h2-10,17H,11-16,18-20H2,1H3,(H,31,36). The second kappa shape index (κ2) is 13.2. The summed E-state index contributed by atoms with van der Waals surface area (Å²) in [5.74, 6) is -0.565. The number of carbonyl (C=O) groups is 2. The Hall–Kier alpha value is -3.76. The van der Waals surface area contributed by atoms with Crippen molar-refractivity contribution in [3.63, 3.8) is 0 Å². The zero-order valence-electron chi connectivity index (χ0n) is 21.4. The molecule has 0 spiro atoms. The Morgan fingerprint density at radius 3 is 2.42 bits per heavy atom. The minimum absolute atomic E-state index is 0.160. The lowest BCUT2D eigenvalue weighted by Gasteiger charge is -2.31. The van der Waals surface area contributed by atoms with Crippen molar-refractivity contribution in [3.8, 4) is 0 Å². The molecule has 4 rings (SSSR count). The number of urea groups is 1. The van der Waals surface area contributed by atoms with Gasteiger partial charge >= 0.3 is 6.03 Å². The molecule has 0 bridgehead atoms. The van der Waals surface area contributed by atoms with Crippen LogP contribution in [-0.2, 0) is 22.6 Å². The number of ether oxygens (including phenoxy) is 1. The van der Waals surface area contributed by atoms with Gasteiger partial charge in [0.15, 0.2) is 0 Å². The SMILES string of the molecule is Cc1ccc(CN(Cc2ccccc2)C(=O)CN(CCN2CCOCC2)C(=O)Nc2ccc(F)cc2F)o1. The van der Waals surface area contributed by atoms with Crippen molar-refractivity contribution in [1.29, 1.82) is 0 Å². The van der Waals surface area contributed by atoms with Gasteiger partial charge in [0.05, 0.1) is 25.4 Å². The van der Waals surface area contributed by atoms with Crippen LogP contribution in [0.4, 0.5) is 19.3 Å². The van der Waals surface area contributed by atoms with Gasteiger partial charge < -0.3 is 24.3 Å². The number of aryl methyl sites for hydroxylation is 1. The average molecular weight is 527 g/mol. The smallest absolute Gasteiger partial charge is 0.322 e. The molecule has 1 fully saturated rings. The van der Waals surface area contributed by atoms with Gasteiger partial charge in [-0.05, 0) is 36.8 Å². The third kappa shape index (κ3) is 7.87. The lowest BCUT2D eigenvalue weighted by Crippen LogP contribution is -2.48. The number of nitrogens with one attached hydrogen (secondary N) is 1. The van der Waals surface area contributed by atoms with Crippen LogP contribution in [0.15, 0.2) is 65.1 Å². The molecule has 0 unspecified atom stereocenters. The summed E-state index contributed by atoms with van der Waals surface area (Å²) in [5, 5.41) is 2.49. The first-order valence-corrected chi connectivity index (χ1v) is 12.6. The molecule has 0 saturated carbocycles. The highest BCUT2D eigenvalue weighted by Gasteiger charge is 2.24. The first-order valence-electron chi connectivity index (χ1n) is 12.6. The van der Waals surface area contributed by atoms with E-state index in [4.69, 9.17) is 9.15 Å². The summed E-state index contributed by atoms with van der Waals surface area (Å²) in [5.41, 5.74) is 0.772. The molecule has 0 aliphatic carbocycles. The van der Waals surface area contributed by atoms with Crippen molar-refractivity contribution in [2.75, 3.05) is 51.3 Å². The minimum Gasteiger partial charge on any atom is -0.464 e. The summed E-state index contributed by atoms with van der Waals surface area (Å²) in [6.45, 7) is 5.54. The topological polar surface area (TPSA) is 78.3 Å². The monoisotopic (exact) mass is 526 g/mol. The Morgan fingerprint density at radius 1 is 0.974 bits per heavy atom. The van der Waals surface area contributed by atoms with E-state index in [1.165, 1.54) is 4.90 Å². The third-order valence-electron chi connectivity index (χ3n) is 6.29. The van der Waals surface area contributed by atoms with Crippen molar-refractivity contribution in [2.24, 2.45) is 0 Å². The summed E-state index contributed by atoms with van der Waals surface area (Å²) in [4.78, 5) is 31.9. The molecule has 38 heavy (non-hydrogen) atoms. The van der Waals surface area contributed by atoms with Crippen molar-refractivity contribution < 1.29 is 27.5 Å². The Morgan fingerprint density at radius 2 is 1.74 bits per heavy atom. The molecular weight excluding hydrogens is 494 g/mol. The fraction of sp³-hybridized carbons (Fsp3) is 0.357. The molecule has 2 heterocycles. The normalized spacial score (nSPS) is 13.8. The van der Waals surface area contributed by atoms with Crippen LogP contribution in [0.25, 0.3) is 0 Å². The molecule has 1 aliphatic rings. The van der Waals surface area contributed by atoms with E-state index >= 15 is 0 Å². The third-order valence-corrected chi connectivity index (χ3v) is 6.29. The number of carbonyl (C=O) groups excluding carboxylic acids is 2. The van der Waals surface area contributed by atoms with E-state index < -0.39 is 17.7 Å². The van der Waals surface area contributed by atoms with Crippen molar-refractivity contribution in [1.82, 2.24) is 14.7 Å². The number of benzene rings is 2. The largest absolute Gasteiger partial charge is 0.464 e. The van der Waals surface area contributed by atoms with Gasteiger partial charge in [-0.1, -0.05) is 30.3 Å². The Balaban J connectivity index is 1.51. The van der Waals surface area contributed by atoms with Gasteiger partial charge in [0, 0.05) is 38.8 Å². The van der Waals surface area contributed by atoms with E-state index in [-0.39, 0.29) is 31.2 Å². The predicted octanol–water partition coefficient (Wildman–Crippen LogP) is 4.26. The number of hydrogen-bond acceptors (Lipinski definition) is 5. The zero-order valence-corrected chi connectivity index (χ0v) is 21.4. The number of amides is 3. The predicted molar refractivity (Wildman–Crippen MR) is 138 cm³/mol. The lowest BCUT2D eigenvalue weighted by molar-refractivity contribution is -0.133. The van der Waals surface area contributed by atoms with Crippen LogP contribution in [0.5, 0.6) is 0 Å². The maximum Gasteiger partial charge on any atom is 0.322 e. The van der Waals surface area contributed by atoms with Gasteiger partial charge in [-0.2, -0.15) is 0 Å². The van der Waals surface area contributed by atoms with Crippen LogP contribution in [0, 0.1) is 18.6 Å². The summed E-state index contributed by atoms with van der Waals surface area (Å²) < 4.78 is 38.7. The molecule has 1 aliphatic heterocycles. The van der Waals surface area contributed by atoms with Crippen LogP contribution in [0.1, 0.15) is 17.1 Å². The highest BCUT2D eigenvalue weighted by molar-refractivity contribution is 5.92. The number of nitrogens with zero attached hydrogens (tertiary/aromatic N) is 3. The van der Waals surface area contributed by atoms with Gasteiger partial charge in [-0.3, -0.25) is 9.69 Å². The van der Waals surface area contributed by atoms with Gasteiger partial charge in [0.2, 0.25) is 5.91 Å². The molecule has 1 N–H and O–H groups in total. The number of morpholine rings is 1. The van der Waals surface area contributed by atoms with E-state index in [1.54, 1.807) is 4.90 Å². The average Bonchev–Trinajstić information content (AvgIpc) is 3.33. The quantitative estimate of drug-likeness (QED) is 0.427. The van der Waals surface area contributed by atoms with E-state index in [2.05, 4.69) is 10.2 Å². The molecule has 1 aromatic heterocycles. The van der Waals surface area contributed by atoms with Crippen LogP contribution < -0.4 is 5.32 Å². The van der Waals surface area contributed by atoms with E-state index in [0.29, 0.717) is 51.2 Å². The molecule has 10 heteroatoms. The Kier molecular flexibility index (Phi) is 9.45. The fourth-order valence-electron chi connectivity index (χ4n) is 4.18.